The van der Waals surface area contributed by atoms with Crippen molar-refractivity contribution in [3.05, 3.63) is 23.8 Å². The largest absolute Gasteiger partial charge is 0.493 e. The van der Waals surface area contributed by atoms with Gasteiger partial charge in [0.2, 0.25) is 5.91 Å². The van der Waals surface area contributed by atoms with E-state index in [0.717, 1.165) is 25.7 Å². The Morgan fingerprint density at radius 2 is 1.71 bits per heavy atom. The molecule has 28 heavy (non-hydrogen) atoms. The second-order valence-corrected chi connectivity index (χ2v) is 6.86. The SMILES string of the molecule is COc1ccc(C(=O)NCC(=O)NC2CCCCCCC2C(=O)O)cc1OC. The van der Waals surface area contributed by atoms with Crippen molar-refractivity contribution in [3.63, 3.8) is 0 Å². The lowest BCUT2D eigenvalue weighted by molar-refractivity contribution is -0.143. The molecule has 8 nitrogen and oxygen atoms in total. The summed E-state index contributed by atoms with van der Waals surface area (Å²) in [5.41, 5.74) is 0.333. The maximum Gasteiger partial charge on any atom is 0.308 e. The molecule has 0 spiro atoms. The zero-order chi connectivity index (χ0) is 20.5. The van der Waals surface area contributed by atoms with Crippen LogP contribution in [-0.2, 0) is 9.59 Å². The van der Waals surface area contributed by atoms with E-state index in [1.165, 1.54) is 20.3 Å². The normalized spacial score (nSPS) is 19.6. The highest BCUT2D eigenvalue weighted by molar-refractivity contribution is 5.97. The van der Waals surface area contributed by atoms with Crippen LogP contribution in [0.2, 0.25) is 0 Å². The van der Waals surface area contributed by atoms with E-state index in [1.807, 2.05) is 0 Å². The highest BCUT2D eigenvalue weighted by Crippen LogP contribution is 2.27. The first-order chi connectivity index (χ1) is 13.5. The molecule has 0 bridgehead atoms. The maximum atomic E-state index is 12.3. The number of benzene rings is 1. The van der Waals surface area contributed by atoms with Gasteiger partial charge in [-0.3, -0.25) is 14.4 Å². The third-order valence-electron chi connectivity index (χ3n) is 4.98. The summed E-state index contributed by atoms with van der Waals surface area (Å²) < 4.78 is 10.3. The Morgan fingerprint density at radius 1 is 1.04 bits per heavy atom. The summed E-state index contributed by atoms with van der Waals surface area (Å²) in [7, 11) is 2.97. The molecule has 2 rings (SSSR count). The molecule has 0 radical (unpaired) electrons. The van der Waals surface area contributed by atoms with E-state index in [4.69, 9.17) is 9.47 Å². The van der Waals surface area contributed by atoms with Crippen LogP contribution in [0, 0.1) is 5.92 Å². The molecule has 2 amide bonds. The fourth-order valence-corrected chi connectivity index (χ4v) is 3.45. The van der Waals surface area contributed by atoms with Gasteiger partial charge in [-0.15, -0.1) is 0 Å². The summed E-state index contributed by atoms with van der Waals surface area (Å²) >= 11 is 0. The summed E-state index contributed by atoms with van der Waals surface area (Å²) in [6.07, 6.45) is 4.97. The Bertz CT molecular complexity index is 706. The lowest BCUT2D eigenvalue weighted by Gasteiger charge is -2.27. The number of carbonyl (C=O) groups excluding carboxylic acids is 2. The highest BCUT2D eigenvalue weighted by atomic mass is 16.5. The number of carboxylic acid groups (broad SMARTS) is 1. The fourth-order valence-electron chi connectivity index (χ4n) is 3.45. The second kappa shape index (κ2) is 10.5. The maximum absolute atomic E-state index is 12.3. The first kappa shape index (κ1) is 21.5. The van der Waals surface area contributed by atoms with Crippen LogP contribution in [0.1, 0.15) is 48.9 Å². The predicted octanol–water partition coefficient (Wildman–Crippen LogP) is 1.97. The van der Waals surface area contributed by atoms with Crippen LogP contribution in [0.15, 0.2) is 18.2 Å². The molecule has 154 valence electrons. The summed E-state index contributed by atoms with van der Waals surface area (Å²) in [6.45, 7) is -0.226. The third kappa shape index (κ3) is 5.87. The van der Waals surface area contributed by atoms with E-state index in [0.29, 0.717) is 29.9 Å². The van der Waals surface area contributed by atoms with Crippen LogP contribution in [0.3, 0.4) is 0 Å². The number of hydrogen-bond acceptors (Lipinski definition) is 5. The molecule has 1 saturated carbocycles. The smallest absolute Gasteiger partial charge is 0.308 e. The number of carbonyl (C=O) groups is 3. The minimum absolute atomic E-state index is 0.226. The third-order valence-corrected chi connectivity index (χ3v) is 4.98. The van der Waals surface area contributed by atoms with Gasteiger partial charge in [-0.1, -0.05) is 25.7 Å². The predicted molar refractivity (Wildman–Crippen MR) is 103 cm³/mol. The topological polar surface area (TPSA) is 114 Å². The van der Waals surface area contributed by atoms with Crippen molar-refractivity contribution >= 4 is 17.8 Å². The minimum Gasteiger partial charge on any atom is -0.493 e. The van der Waals surface area contributed by atoms with Crippen molar-refractivity contribution < 1.29 is 29.0 Å². The van der Waals surface area contributed by atoms with Gasteiger partial charge in [-0.2, -0.15) is 0 Å². The Labute approximate surface area is 164 Å². The van der Waals surface area contributed by atoms with Crippen LogP contribution in [-0.4, -0.2) is 49.7 Å². The number of aliphatic carboxylic acids is 1. The van der Waals surface area contributed by atoms with E-state index in [-0.39, 0.29) is 6.54 Å². The van der Waals surface area contributed by atoms with E-state index < -0.39 is 29.7 Å². The van der Waals surface area contributed by atoms with Gasteiger partial charge in [-0.25, -0.2) is 0 Å². The molecule has 1 fully saturated rings. The molecule has 0 heterocycles. The number of carboxylic acids is 1. The van der Waals surface area contributed by atoms with Gasteiger partial charge in [0.15, 0.2) is 11.5 Å². The first-order valence-electron chi connectivity index (χ1n) is 9.48. The average molecular weight is 392 g/mol. The fraction of sp³-hybridized carbons (Fsp3) is 0.550. The number of methoxy groups -OCH3 is 2. The lowest BCUT2D eigenvalue weighted by atomic mass is 9.87. The molecule has 0 aromatic heterocycles. The minimum atomic E-state index is -0.887. The molecule has 2 unspecified atom stereocenters. The second-order valence-electron chi connectivity index (χ2n) is 6.86. The van der Waals surface area contributed by atoms with Crippen molar-refractivity contribution in [1.82, 2.24) is 10.6 Å². The zero-order valence-corrected chi connectivity index (χ0v) is 16.3. The summed E-state index contributed by atoms with van der Waals surface area (Å²) in [5.74, 6) is -1.39. The van der Waals surface area contributed by atoms with Crippen molar-refractivity contribution in [2.45, 2.75) is 44.6 Å². The Morgan fingerprint density at radius 3 is 2.36 bits per heavy atom. The van der Waals surface area contributed by atoms with E-state index in [9.17, 15) is 19.5 Å². The molecule has 8 heteroatoms. The summed E-state index contributed by atoms with van der Waals surface area (Å²) in [4.78, 5) is 36.1. The average Bonchev–Trinajstić information content (AvgIpc) is 2.67. The van der Waals surface area contributed by atoms with Gasteiger partial charge >= 0.3 is 5.97 Å². The van der Waals surface area contributed by atoms with Crippen LogP contribution in [0.4, 0.5) is 0 Å². The Balaban J connectivity index is 1.93. The van der Waals surface area contributed by atoms with E-state index in [2.05, 4.69) is 10.6 Å². The van der Waals surface area contributed by atoms with Crippen LogP contribution in [0.5, 0.6) is 11.5 Å². The molecular formula is C20H28N2O6. The van der Waals surface area contributed by atoms with Crippen molar-refractivity contribution in [1.29, 1.82) is 0 Å². The van der Waals surface area contributed by atoms with Gasteiger partial charge in [0.1, 0.15) is 0 Å². The molecule has 0 aliphatic heterocycles. The van der Waals surface area contributed by atoms with Gasteiger partial charge in [0.05, 0.1) is 26.7 Å². The van der Waals surface area contributed by atoms with Crippen LogP contribution in [0.25, 0.3) is 0 Å². The number of amides is 2. The van der Waals surface area contributed by atoms with Gasteiger partial charge in [0.25, 0.3) is 5.91 Å². The number of hydrogen-bond donors (Lipinski definition) is 3. The van der Waals surface area contributed by atoms with E-state index >= 15 is 0 Å². The molecule has 3 N–H and O–H groups in total. The van der Waals surface area contributed by atoms with Crippen molar-refractivity contribution in [3.8, 4) is 11.5 Å². The standard InChI is InChI=1S/C20H28N2O6/c1-27-16-10-9-13(11-17(16)28-2)19(24)21-12-18(23)22-15-8-6-4-3-5-7-14(15)20(25)26/h9-11,14-15H,3-8,12H2,1-2H3,(H,21,24)(H,22,23)(H,25,26). The van der Waals surface area contributed by atoms with Gasteiger partial charge < -0.3 is 25.2 Å². The zero-order valence-electron chi connectivity index (χ0n) is 16.3. The molecule has 1 aliphatic rings. The van der Waals surface area contributed by atoms with Gasteiger partial charge in [0, 0.05) is 11.6 Å². The molecule has 1 aromatic rings. The molecule has 1 aromatic carbocycles. The first-order valence-corrected chi connectivity index (χ1v) is 9.48. The van der Waals surface area contributed by atoms with Crippen LogP contribution >= 0.6 is 0 Å². The highest BCUT2D eigenvalue weighted by Gasteiger charge is 2.29. The van der Waals surface area contributed by atoms with Crippen molar-refractivity contribution in [2.24, 2.45) is 5.92 Å². The number of ether oxygens (including phenoxy) is 2. The van der Waals surface area contributed by atoms with E-state index in [1.54, 1.807) is 12.1 Å². The molecule has 1 aliphatic carbocycles. The number of rotatable bonds is 7. The van der Waals surface area contributed by atoms with Crippen LogP contribution < -0.4 is 20.1 Å². The monoisotopic (exact) mass is 392 g/mol. The summed E-state index contributed by atoms with van der Waals surface area (Å²) in [6, 6.07) is 4.30. The molecule has 0 saturated heterocycles. The molecule has 2 atom stereocenters. The Kier molecular flexibility index (Phi) is 8.10. The number of nitrogens with one attached hydrogen (secondary N) is 2. The summed E-state index contributed by atoms with van der Waals surface area (Å²) in [5, 5.41) is 14.8. The Hall–Kier alpha value is -2.77. The molecular weight excluding hydrogens is 364 g/mol. The van der Waals surface area contributed by atoms with Gasteiger partial charge in [-0.05, 0) is 31.0 Å². The quantitative estimate of drug-likeness (QED) is 0.654. The lowest BCUT2D eigenvalue weighted by Crippen LogP contribution is -2.47. The van der Waals surface area contributed by atoms with Crippen molar-refractivity contribution in [2.75, 3.05) is 20.8 Å².